The van der Waals surface area contributed by atoms with Crippen molar-refractivity contribution in [3.63, 3.8) is 0 Å². The number of ether oxygens (including phenoxy) is 2. The summed E-state index contributed by atoms with van der Waals surface area (Å²) >= 11 is 0. The molecule has 5 nitrogen and oxygen atoms in total. The Bertz CT molecular complexity index is 337. The van der Waals surface area contributed by atoms with E-state index in [1.165, 1.54) is 12.8 Å². The minimum Gasteiger partial charge on any atom is -0.382 e. The molecule has 0 aliphatic heterocycles. The second-order valence-electron chi connectivity index (χ2n) is 4.68. The van der Waals surface area contributed by atoms with Crippen LogP contribution in [0.1, 0.15) is 25.0 Å². The molecule has 1 heterocycles. The third-order valence-corrected chi connectivity index (χ3v) is 2.95. The Morgan fingerprint density at radius 3 is 3.06 bits per heavy atom. The van der Waals surface area contributed by atoms with Crippen LogP contribution in [0.25, 0.3) is 0 Å². The monoisotopic (exact) mass is 253 g/mol. The molecule has 1 N–H and O–H groups in total. The highest BCUT2D eigenvalue weighted by molar-refractivity contribution is 4.99. The van der Waals surface area contributed by atoms with Crippen LogP contribution in [0.15, 0.2) is 12.3 Å². The van der Waals surface area contributed by atoms with E-state index in [0.717, 1.165) is 37.9 Å². The summed E-state index contributed by atoms with van der Waals surface area (Å²) in [6.45, 7) is 3.90. The predicted molar refractivity (Wildman–Crippen MR) is 69.4 cm³/mol. The van der Waals surface area contributed by atoms with Crippen LogP contribution in [-0.2, 0) is 22.6 Å². The van der Waals surface area contributed by atoms with Gasteiger partial charge in [-0.1, -0.05) is 0 Å². The first-order valence-corrected chi connectivity index (χ1v) is 6.71. The van der Waals surface area contributed by atoms with E-state index in [1.54, 1.807) is 7.11 Å². The third kappa shape index (κ3) is 5.16. The van der Waals surface area contributed by atoms with Gasteiger partial charge in [0.15, 0.2) is 0 Å². The summed E-state index contributed by atoms with van der Waals surface area (Å²) in [4.78, 5) is 0. The summed E-state index contributed by atoms with van der Waals surface area (Å²) in [5, 5.41) is 7.98. The first-order chi connectivity index (χ1) is 8.88. The lowest BCUT2D eigenvalue weighted by atomic mass is 10.4. The van der Waals surface area contributed by atoms with Gasteiger partial charge in [-0.3, -0.25) is 4.68 Å². The standard InChI is InChI=1S/C13H23N3O2/c1-17-9-10-18-8-2-6-16-7-5-13(15-16)11-14-12-3-4-12/h5,7,12,14H,2-4,6,8-11H2,1H3. The van der Waals surface area contributed by atoms with E-state index in [0.29, 0.717) is 13.2 Å². The van der Waals surface area contributed by atoms with Gasteiger partial charge in [0, 0.05) is 39.0 Å². The van der Waals surface area contributed by atoms with E-state index in [2.05, 4.69) is 16.5 Å². The van der Waals surface area contributed by atoms with Crippen LogP contribution in [0.3, 0.4) is 0 Å². The maximum absolute atomic E-state index is 5.41. The molecule has 102 valence electrons. The summed E-state index contributed by atoms with van der Waals surface area (Å²) < 4.78 is 12.3. The number of aryl methyl sites for hydroxylation is 1. The zero-order valence-corrected chi connectivity index (χ0v) is 11.1. The highest BCUT2D eigenvalue weighted by atomic mass is 16.5. The van der Waals surface area contributed by atoms with Gasteiger partial charge in [-0.05, 0) is 25.3 Å². The van der Waals surface area contributed by atoms with Gasteiger partial charge in [0.25, 0.3) is 0 Å². The van der Waals surface area contributed by atoms with Crippen molar-refractivity contribution in [2.24, 2.45) is 0 Å². The zero-order chi connectivity index (χ0) is 12.6. The molecule has 0 radical (unpaired) electrons. The van der Waals surface area contributed by atoms with Crippen molar-refractivity contribution in [2.45, 2.75) is 38.4 Å². The van der Waals surface area contributed by atoms with Gasteiger partial charge in [-0.25, -0.2) is 0 Å². The van der Waals surface area contributed by atoms with Crippen molar-refractivity contribution in [2.75, 3.05) is 26.9 Å². The smallest absolute Gasteiger partial charge is 0.0762 e. The van der Waals surface area contributed by atoms with Crippen LogP contribution in [0, 0.1) is 0 Å². The molecule has 1 aromatic rings. The molecule has 1 fully saturated rings. The van der Waals surface area contributed by atoms with Crippen molar-refractivity contribution < 1.29 is 9.47 Å². The van der Waals surface area contributed by atoms with Gasteiger partial charge in [-0.15, -0.1) is 0 Å². The Morgan fingerprint density at radius 2 is 2.28 bits per heavy atom. The summed E-state index contributed by atoms with van der Waals surface area (Å²) in [6, 6.07) is 2.82. The number of rotatable bonds is 10. The minimum absolute atomic E-state index is 0.665. The van der Waals surface area contributed by atoms with Crippen molar-refractivity contribution in [1.82, 2.24) is 15.1 Å². The fraction of sp³-hybridized carbons (Fsp3) is 0.769. The summed E-state index contributed by atoms with van der Waals surface area (Å²) in [5.41, 5.74) is 1.13. The zero-order valence-electron chi connectivity index (χ0n) is 11.1. The van der Waals surface area contributed by atoms with E-state index < -0.39 is 0 Å². The maximum atomic E-state index is 5.41. The summed E-state index contributed by atoms with van der Waals surface area (Å²) in [6.07, 6.45) is 5.67. The molecule has 2 rings (SSSR count). The van der Waals surface area contributed by atoms with Crippen LogP contribution in [0.2, 0.25) is 0 Å². The molecule has 1 aliphatic rings. The van der Waals surface area contributed by atoms with E-state index in [4.69, 9.17) is 9.47 Å². The lowest BCUT2D eigenvalue weighted by Gasteiger charge is -2.04. The second-order valence-corrected chi connectivity index (χ2v) is 4.68. The highest BCUT2D eigenvalue weighted by Gasteiger charge is 2.20. The topological polar surface area (TPSA) is 48.3 Å². The number of methoxy groups -OCH3 is 1. The van der Waals surface area contributed by atoms with Gasteiger partial charge in [-0.2, -0.15) is 5.10 Å². The molecule has 1 aliphatic carbocycles. The van der Waals surface area contributed by atoms with Gasteiger partial charge in [0.05, 0.1) is 18.9 Å². The molecule has 0 aromatic carbocycles. The summed E-state index contributed by atoms with van der Waals surface area (Å²) in [5.74, 6) is 0. The van der Waals surface area contributed by atoms with Crippen molar-refractivity contribution in [3.8, 4) is 0 Å². The second kappa shape index (κ2) is 7.51. The molecular formula is C13H23N3O2. The molecule has 0 bridgehead atoms. The Labute approximate surface area is 108 Å². The number of nitrogens with zero attached hydrogens (tertiary/aromatic N) is 2. The maximum Gasteiger partial charge on any atom is 0.0762 e. The number of hydrogen-bond donors (Lipinski definition) is 1. The Hall–Kier alpha value is -0.910. The average molecular weight is 253 g/mol. The molecule has 1 aromatic heterocycles. The normalized spacial score (nSPS) is 15.2. The quantitative estimate of drug-likeness (QED) is 0.636. The molecule has 0 amide bonds. The summed E-state index contributed by atoms with van der Waals surface area (Å²) in [7, 11) is 1.68. The molecule has 1 saturated carbocycles. The largest absolute Gasteiger partial charge is 0.382 e. The van der Waals surface area contributed by atoms with Crippen LogP contribution in [0.4, 0.5) is 0 Å². The van der Waals surface area contributed by atoms with E-state index >= 15 is 0 Å². The average Bonchev–Trinajstić information content (AvgIpc) is 3.11. The fourth-order valence-corrected chi connectivity index (χ4v) is 1.73. The fourth-order valence-electron chi connectivity index (χ4n) is 1.73. The van der Waals surface area contributed by atoms with Crippen molar-refractivity contribution in [1.29, 1.82) is 0 Å². The SMILES string of the molecule is COCCOCCCn1ccc(CNC2CC2)n1. The van der Waals surface area contributed by atoms with Crippen LogP contribution in [-0.4, -0.2) is 42.8 Å². The number of hydrogen-bond acceptors (Lipinski definition) is 4. The highest BCUT2D eigenvalue weighted by Crippen LogP contribution is 2.18. The number of aromatic nitrogens is 2. The molecule has 0 unspecified atom stereocenters. The van der Waals surface area contributed by atoms with Crippen LogP contribution in [0.5, 0.6) is 0 Å². The van der Waals surface area contributed by atoms with Crippen molar-refractivity contribution in [3.05, 3.63) is 18.0 Å². The van der Waals surface area contributed by atoms with E-state index in [1.807, 2.05) is 10.9 Å². The van der Waals surface area contributed by atoms with Gasteiger partial charge < -0.3 is 14.8 Å². The van der Waals surface area contributed by atoms with Gasteiger partial charge in [0.2, 0.25) is 0 Å². The van der Waals surface area contributed by atoms with Crippen molar-refractivity contribution >= 4 is 0 Å². The Balaban J connectivity index is 1.54. The first kappa shape index (κ1) is 13.5. The third-order valence-electron chi connectivity index (χ3n) is 2.95. The first-order valence-electron chi connectivity index (χ1n) is 6.71. The van der Waals surface area contributed by atoms with E-state index in [9.17, 15) is 0 Å². The Kier molecular flexibility index (Phi) is 5.64. The van der Waals surface area contributed by atoms with Gasteiger partial charge in [0.1, 0.15) is 0 Å². The lowest BCUT2D eigenvalue weighted by molar-refractivity contribution is 0.0677. The molecule has 0 saturated heterocycles. The predicted octanol–water partition coefficient (Wildman–Crippen LogP) is 1.19. The molecule has 5 heteroatoms. The Morgan fingerprint density at radius 1 is 1.39 bits per heavy atom. The van der Waals surface area contributed by atoms with Crippen LogP contribution < -0.4 is 5.32 Å². The number of nitrogens with one attached hydrogen (secondary N) is 1. The lowest BCUT2D eigenvalue weighted by Crippen LogP contribution is -2.16. The molecule has 18 heavy (non-hydrogen) atoms. The minimum atomic E-state index is 0.665. The molecular weight excluding hydrogens is 230 g/mol. The van der Waals surface area contributed by atoms with Gasteiger partial charge >= 0.3 is 0 Å². The van der Waals surface area contributed by atoms with E-state index in [-0.39, 0.29) is 0 Å². The molecule has 0 atom stereocenters. The molecule has 0 spiro atoms. The van der Waals surface area contributed by atoms with Crippen LogP contribution >= 0.6 is 0 Å².